The van der Waals surface area contributed by atoms with Crippen LogP contribution in [0.15, 0.2) is 0 Å². The summed E-state index contributed by atoms with van der Waals surface area (Å²) >= 11 is 0. The van der Waals surface area contributed by atoms with Crippen molar-refractivity contribution in [3.05, 3.63) is 0 Å². The van der Waals surface area contributed by atoms with Gasteiger partial charge in [-0.1, -0.05) is 6.42 Å². The van der Waals surface area contributed by atoms with Crippen molar-refractivity contribution in [3.8, 4) is 0 Å². The Balaban J connectivity index is 2.37. The van der Waals surface area contributed by atoms with Crippen LogP contribution in [-0.4, -0.2) is 48.2 Å². The van der Waals surface area contributed by atoms with Gasteiger partial charge in [0.25, 0.3) is 0 Å². The lowest BCUT2D eigenvalue weighted by atomic mass is 9.97. The molecule has 0 aromatic carbocycles. The summed E-state index contributed by atoms with van der Waals surface area (Å²) in [5.74, 6) is 0.0985. The van der Waals surface area contributed by atoms with Crippen molar-refractivity contribution >= 4 is 5.91 Å². The number of rotatable bonds is 5. The molecule has 4 nitrogen and oxygen atoms in total. The second kappa shape index (κ2) is 6.86. The van der Waals surface area contributed by atoms with Crippen LogP contribution < -0.4 is 5.32 Å². The molecule has 1 amide bonds. The maximum absolute atomic E-state index is 11.2. The molecule has 0 spiro atoms. The normalized spacial score (nSPS) is 24.1. The van der Waals surface area contributed by atoms with Gasteiger partial charge in [-0.05, 0) is 32.7 Å². The Labute approximate surface area is 98.0 Å². The summed E-state index contributed by atoms with van der Waals surface area (Å²) in [5.41, 5.74) is 0. The SMILES string of the molecule is CNC(=O)CCN1CCCCC1CC(C)O. The third-order valence-corrected chi connectivity index (χ3v) is 3.27. The smallest absolute Gasteiger partial charge is 0.221 e. The Kier molecular flexibility index (Phi) is 5.77. The topological polar surface area (TPSA) is 52.6 Å². The molecule has 1 fully saturated rings. The fourth-order valence-electron chi connectivity index (χ4n) is 2.39. The molecule has 0 radical (unpaired) electrons. The molecule has 1 heterocycles. The molecule has 94 valence electrons. The van der Waals surface area contributed by atoms with E-state index in [9.17, 15) is 9.90 Å². The Morgan fingerprint density at radius 1 is 1.56 bits per heavy atom. The Bertz CT molecular complexity index is 219. The highest BCUT2D eigenvalue weighted by Gasteiger charge is 2.23. The van der Waals surface area contributed by atoms with Gasteiger partial charge in [0.05, 0.1) is 6.10 Å². The van der Waals surface area contributed by atoms with E-state index in [1.165, 1.54) is 12.8 Å². The summed E-state index contributed by atoms with van der Waals surface area (Å²) in [5, 5.41) is 12.1. The van der Waals surface area contributed by atoms with E-state index in [2.05, 4.69) is 10.2 Å². The molecule has 2 N–H and O–H groups in total. The molecule has 1 aliphatic heterocycles. The van der Waals surface area contributed by atoms with E-state index in [4.69, 9.17) is 0 Å². The predicted octanol–water partition coefficient (Wildman–Crippen LogP) is 0.748. The van der Waals surface area contributed by atoms with Gasteiger partial charge in [0.15, 0.2) is 0 Å². The number of aliphatic hydroxyl groups is 1. The van der Waals surface area contributed by atoms with Gasteiger partial charge in [-0.2, -0.15) is 0 Å². The third-order valence-electron chi connectivity index (χ3n) is 3.27. The van der Waals surface area contributed by atoms with Crippen molar-refractivity contribution < 1.29 is 9.90 Å². The molecule has 0 bridgehead atoms. The first-order chi connectivity index (χ1) is 7.63. The number of hydrogen-bond donors (Lipinski definition) is 2. The molecule has 0 aromatic heterocycles. The molecular weight excluding hydrogens is 204 g/mol. The maximum atomic E-state index is 11.2. The van der Waals surface area contributed by atoms with E-state index >= 15 is 0 Å². The zero-order valence-corrected chi connectivity index (χ0v) is 10.4. The van der Waals surface area contributed by atoms with E-state index in [0.29, 0.717) is 12.5 Å². The number of nitrogens with zero attached hydrogens (tertiary/aromatic N) is 1. The molecule has 1 saturated heterocycles. The predicted molar refractivity (Wildman–Crippen MR) is 64.2 cm³/mol. The van der Waals surface area contributed by atoms with Crippen molar-refractivity contribution in [3.63, 3.8) is 0 Å². The minimum atomic E-state index is -0.245. The van der Waals surface area contributed by atoms with E-state index in [1.54, 1.807) is 7.05 Å². The van der Waals surface area contributed by atoms with Gasteiger partial charge in [-0.3, -0.25) is 9.69 Å². The Morgan fingerprint density at radius 3 is 2.94 bits per heavy atom. The quantitative estimate of drug-likeness (QED) is 0.730. The van der Waals surface area contributed by atoms with Crippen molar-refractivity contribution in [1.29, 1.82) is 0 Å². The fourth-order valence-corrected chi connectivity index (χ4v) is 2.39. The first-order valence-electron chi connectivity index (χ1n) is 6.26. The van der Waals surface area contributed by atoms with Crippen LogP contribution in [-0.2, 0) is 4.79 Å². The van der Waals surface area contributed by atoms with Crippen LogP contribution in [0.3, 0.4) is 0 Å². The van der Waals surface area contributed by atoms with Crippen LogP contribution in [0.2, 0.25) is 0 Å². The lowest BCUT2D eigenvalue weighted by molar-refractivity contribution is -0.121. The second-order valence-electron chi connectivity index (χ2n) is 4.69. The number of likely N-dealkylation sites (tertiary alicyclic amines) is 1. The lowest BCUT2D eigenvalue weighted by Gasteiger charge is -2.36. The van der Waals surface area contributed by atoms with Crippen LogP contribution >= 0.6 is 0 Å². The van der Waals surface area contributed by atoms with E-state index in [-0.39, 0.29) is 12.0 Å². The van der Waals surface area contributed by atoms with Crippen molar-refractivity contribution in [2.45, 2.75) is 51.2 Å². The maximum Gasteiger partial charge on any atom is 0.221 e. The molecule has 0 aliphatic carbocycles. The largest absolute Gasteiger partial charge is 0.393 e. The average molecular weight is 228 g/mol. The van der Waals surface area contributed by atoms with Gasteiger partial charge in [-0.25, -0.2) is 0 Å². The number of nitrogens with one attached hydrogen (secondary N) is 1. The van der Waals surface area contributed by atoms with Gasteiger partial charge < -0.3 is 10.4 Å². The zero-order valence-electron chi connectivity index (χ0n) is 10.4. The standard InChI is InChI=1S/C12H24N2O2/c1-10(15)9-11-5-3-4-7-14(11)8-6-12(16)13-2/h10-11,15H,3-9H2,1-2H3,(H,13,16). The number of amides is 1. The summed E-state index contributed by atoms with van der Waals surface area (Å²) < 4.78 is 0. The summed E-state index contributed by atoms with van der Waals surface area (Å²) in [6.45, 7) is 3.72. The van der Waals surface area contributed by atoms with Gasteiger partial charge in [0, 0.05) is 26.1 Å². The first kappa shape index (κ1) is 13.5. The molecule has 1 aliphatic rings. The third kappa shape index (κ3) is 4.49. The van der Waals surface area contributed by atoms with Crippen LogP contribution in [0.1, 0.15) is 39.0 Å². The van der Waals surface area contributed by atoms with Gasteiger partial charge >= 0.3 is 0 Å². The van der Waals surface area contributed by atoms with Crippen LogP contribution in [0.4, 0.5) is 0 Å². The van der Waals surface area contributed by atoms with Crippen LogP contribution in [0.5, 0.6) is 0 Å². The number of carbonyl (C=O) groups is 1. The van der Waals surface area contributed by atoms with E-state index in [0.717, 1.165) is 25.9 Å². The molecule has 2 atom stereocenters. The number of aliphatic hydroxyl groups excluding tert-OH is 1. The minimum absolute atomic E-state index is 0.0985. The Morgan fingerprint density at radius 2 is 2.31 bits per heavy atom. The van der Waals surface area contributed by atoms with Crippen molar-refractivity contribution in [1.82, 2.24) is 10.2 Å². The van der Waals surface area contributed by atoms with Crippen molar-refractivity contribution in [2.24, 2.45) is 0 Å². The monoisotopic (exact) mass is 228 g/mol. The van der Waals surface area contributed by atoms with Gasteiger partial charge in [-0.15, -0.1) is 0 Å². The summed E-state index contributed by atoms with van der Waals surface area (Å²) in [6.07, 6.45) is 4.75. The summed E-state index contributed by atoms with van der Waals surface area (Å²) in [7, 11) is 1.67. The summed E-state index contributed by atoms with van der Waals surface area (Å²) in [4.78, 5) is 13.5. The molecule has 1 rings (SSSR count). The number of piperidine rings is 1. The van der Waals surface area contributed by atoms with Crippen molar-refractivity contribution in [2.75, 3.05) is 20.1 Å². The number of hydrogen-bond acceptors (Lipinski definition) is 3. The lowest BCUT2D eigenvalue weighted by Crippen LogP contribution is -2.42. The Hall–Kier alpha value is -0.610. The molecular formula is C12H24N2O2. The zero-order chi connectivity index (χ0) is 12.0. The molecule has 16 heavy (non-hydrogen) atoms. The second-order valence-corrected chi connectivity index (χ2v) is 4.69. The number of carbonyl (C=O) groups excluding carboxylic acids is 1. The van der Waals surface area contributed by atoms with Gasteiger partial charge in [0.1, 0.15) is 0 Å². The molecule has 4 heteroatoms. The minimum Gasteiger partial charge on any atom is -0.393 e. The molecule has 0 aromatic rings. The van der Waals surface area contributed by atoms with Crippen LogP contribution in [0, 0.1) is 0 Å². The average Bonchev–Trinajstić information content (AvgIpc) is 2.26. The molecule has 2 unspecified atom stereocenters. The highest BCUT2D eigenvalue weighted by molar-refractivity contribution is 5.75. The van der Waals surface area contributed by atoms with Crippen LogP contribution in [0.25, 0.3) is 0 Å². The molecule has 0 saturated carbocycles. The van der Waals surface area contributed by atoms with E-state index < -0.39 is 0 Å². The fraction of sp³-hybridized carbons (Fsp3) is 0.917. The highest BCUT2D eigenvalue weighted by atomic mass is 16.3. The highest BCUT2D eigenvalue weighted by Crippen LogP contribution is 2.20. The van der Waals surface area contributed by atoms with Gasteiger partial charge in [0.2, 0.25) is 5.91 Å². The first-order valence-corrected chi connectivity index (χ1v) is 6.26. The summed E-state index contributed by atoms with van der Waals surface area (Å²) in [6, 6.07) is 0.457. The van der Waals surface area contributed by atoms with E-state index in [1.807, 2.05) is 6.92 Å².